The number of alkyl halides is 3. The van der Waals surface area contributed by atoms with E-state index < -0.39 is 21.8 Å². The lowest BCUT2D eigenvalue weighted by Gasteiger charge is -2.11. The summed E-state index contributed by atoms with van der Waals surface area (Å²) < 4.78 is 64.9. The van der Waals surface area contributed by atoms with Crippen LogP contribution in [0.25, 0.3) is 0 Å². The Morgan fingerprint density at radius 1 is 1.20 bits per heavy atom. The summed E-state index contributed by atoms with van der Waals surface area (Å²) in [6.07, 6.45) is -4.56. The highest BCUT2D eigenvalue weighted by molar-refractivity contribution is 7.94. The second-order valence-electron chi connectivity index (χ2n) is 5.26. The van der Waals surface area contributed by atoms with Crippen molar-refractivity contribution in [3.05, 3.63) is 46.8 Å². The van der Waals surface area contributed by atoms with Crippen LogP contribution < -0.4 is 10.0 Å². The van der Waals surface area contributed by atoms with E-state index in [9.17, 15) is 26.4 Å². The molecule has 0 fully saturated rings. The number of halogens is 3. The minimum Gasteiger partial charge on any atom is -0.349 e. The van der Waals surface area contributed by atoms with Gasteiger partial charge in [0.2, 0.25) is 5.91 Å². The first-order valence-corrected chi connectivity index (χ1v) is 9.36. The highest BCUT2D eigenvalue weighted by atomic mass is 32.2. The number of benzene rings is 1. The van der Waals surface area contributed by atoms with Crippen LogP contribution in [-0.4, -0.2) is 14.3 Å². The normalized spacial score (nSPS) is 13.3. The Bertz CT molecular complexity index is 876. The molecule has 0 bridgehead atoms. The van der Waals surface area contributed by atoms with E-state index in [1.165, 1.54) is 19.1 Å². The van der Waals surface area contributed by atoms with Crippen LogP contribution in [0.1, 0.15) is 30.3 Å². The number of thiophene rings is 1. The molecule has 1 heterocycles. The van der Waals surface area contributed by atoms with Gasteiger partial charge in [0.1, 0.15) is 4.21 Å². The Morgan fingerprint density at radius 2 is 1.88 bits per heavy atom. The van der Waals surface area contributed by atoms with E-state index >= 15 is 0 Å². The van der Waals surface area contributed by atoms with Crippen LogP contribution >= 0.6 is 11.3 Å². The monoisotopic (exact) mass is 392 g/mol. The Labute approximate surface area is 146 Å². The first kappa shape index (κ1) is 19.3. The molecule has 1 aromatic carbocycles. The molecule has 136 valence electrons. The van der Waals surface area contributed by atoms with Gasteiger partial charge in [-0.15, -0.1) is 11.3 Å². The number of amides is 1. The average molecular weight is 392 g/mol. The molecule has 1 aromatic heterocycles. The van der Waals surface area contributed by atoms with Crippen molar-refractivity contribution in [2.75, 3.05) is 4.72 Å². The number of nitrogens with one attached hydrogen (secondary N) is 2. The SMILES string of the molecule is CC(=O)NC(C)c1ccc(S(=O)(=O)Nc2cccc(C(F)(F)F)c2)s1. The van der Waals surface area contributed by atoms with E-state index in [0.717, 1.165) is 29.5 Å². The number of sulfonamides is 1. The maximum Gasteiger partial charge on any atom is 0.416 e. The third-order valence-corrected chi connectivity index (χ3v) is 6.30. The molecule has 25 heavy (non-hydrogen) atoms. The second-order valence-corrected chi connectivity index (χ2v) is 8.29. The van der Waals surface area contributed by atoms with Crippen LogP contribution in [0, 0.1) is 0 Å². The van der Waals surface area contributed by atoms with Crippen molar-refractivity contribution in [2.24, 2.45) is 0 Å². The molecule has 0 saturated carbocycles. The van der Waals surface area contributed by atoms with Crippen molar-refractivity contribution in [3.63, 3.8) is 0 Å². The van der Waals surface area contributed by atoms with Crippen LogP contribution in [0.4, 0.5) is 18.9 Å². The third kappa shape index (κ3) is 4.95. The lowest BCUT2D eigenvalue weighted by molar-refractivity contribution is -0.137. The number of anilines is 1. The van der Waals surface area contributed by atoms with Gasteiger partial charge in [-0.1, -0.05) is 6.07 Å². The predicted octanol–water partition coefficient (Wildman–Crippen LogP) is 3.76. The van der Waals surface area contributed by atoms with Crippen molar-refractivity contribution < 1.29 is 26.4 Å². The van der Waals surface area contributed by atoms with Gasteiger partial charge in [0.05, 0.1) is 11.6 Å². The fourth-order valence-electron chi connectivity index (χ4n) is 2.05. The minimum atomic E-state index is -4.56. The number of hydrogen-bond acceptors (Lipinski definition) is 4. The highest BCUT2D eigenvalue weighted by Gasteiger charge is 2.31. The average Bonchev–Trinajstić information content (AvgIpc) is 2.96. The third-order valence-electron chi connectivity index (χ3n) is 3.16. The van der Waals surface area contributed by atoms with Crippen LogP contribution in [0.3, 0.4) is 0 Å². The zero-order chi connectivity index (χ0) is 18.8. The molecule has 1 atom stereocenters. The summed E-state index contributed by atoms with van der Waals surface area (Å²) in [6, 6.07) is 6.46. The molecule has 0 aliphatic heterocycles. The summed E-state index contributed by atoms with van der Waals surface area (Å²) in [7, 11) is -4.03. The summed E-state index contributed by atoms with van der Waals surface area (Å²) in [5, 5.41) is 2.63. The first-order chi connectivity index (χ1) is 11.5. The molecule has 10 heteroatoms. The lowest BCUT2D eigenvalue weighted by Crippen LogP contribution is -2.22. The van der Waals surface area contributed by atoms with E-state index in [4.69, 9.17) is 0 Å². The topological polar surface area (TPSA) is 75.3 Å². The zero-order valence-corrected chi connectivity index (χ0v) is 14.8. The van der Waals surface area contributed by atoms with Crippen molar-refractivity contribution in [3.8, 4) is 0 Å². The summed E-state index contributed by atoms with van der Waals surface area (Å²) in [6.45, 7) is 3.04. The fourth-order valence-corrected chi connectivity index (χ4v) is 4.43. The molecule has 0 aliphatic carbocycles. The van der Waals surface area contributed by atoms with E-state index in [2.05, 4.69) is 10.0 Å². The molecule has 0 aliphatic rings. The van der Waals surface area contributed by atoms with E-state index in [1.807, 2.05) is 0 Å². The number of rotatable bonds is 5. The largest absolute Gasteiger partial charge is 0.416 e. The number of carbonyl (C=O) groups excluding carboxylic acids is 1. The van der Waals surface area contributed by atoms with Crippen LogP contribution in [-0.2, 0) is 21.0 Å². The van der Waals surface area contributed by atoms with Crippen LogP contribution in [0.5, 0.6) is 0 Å². The molecule has 1 amide bonds. The molecule has 2 aromatic rings. The van der Waals surface area contributed by atoms with Gasteiger partial charge < -0.3 is 5.32 Å². The smallest absolute Gasteiger partial charge is 0.349 e. The molecule has 0 radical (unpaired) electrons. The minimum absolute atomic E-state index is 0.0582. The molecular formula is C15H15F3N2O3S2. The Kier molecular flexibility index (Phi) is 5.43. The van der Waals surface area contributed by atoms with E-state index in [0.29, 0.717) is 4.88 Å². The molecule has 2 N–H and O–H groups in total. The maximum atomic E-state index is 12.7. The molecule has 0 spiro atoms. The fraction of sp³-hybridized carbons (Fsp3) is 0.267. The first-order valence-electron chi connectivity index (χ1n) is 7.06. The van der Waals surface area contributed by atoms with Crippen molar-refractivity contribution >= 4 is 33.0 Å². The van der Waals surface area contributed by atoms with Gasteiger partial charge in [0, 0.05) is 17.5 Å². The highest BCUT2D eigenvalue weighted by Crippen LogP contribution is 2.32. The Balaban J connectivity index is 2.23. The summed E-state index contributed by atoms with van der Waals surface area (Å²) in [5.74, 6) is -0.257. The van der Waals surface area contributed by atoms with E-state index in [-0.39, 0.29) is 21.8 Å². The summed E-state index contributed by atoms with van der Waals surface area (Å²) >= 11 is 0.931. The van der Waals surface area contributed by atoms with Gasteiger partial charge in [-0.05, 0) is 37.3 Å². The number of carbonyl (C=O) groups is 1. The molecule has 1 unspecified atom stereocenters. The van der Waals surface area contributed by atoms with Gasteiger partial charge in [-0.3, -0.25) is 9.52 Å². The molecule has 2 rings (SSSR count). The molecule has 0 saturated heterocycles. The Hall–Kier alpha value is -2.07. The quantitative estimate of drug-likeness (QED) is 0.814. The van der Waals surface area contributed by atoms with Crippen molar-refractivity contribution in [1.29, 1.82) is 0 Å². The molecular weight excluding hydrogens is 377 g/mol. The van der Waals surface area contributed by atoms with Gasteiger partial charge in [-0.25, -0.2) is 8.42 Å². The second kappa shape index (κ2) is 7.04. The maximum absolute atomic E-state index is 12.7. The van der Waals surface area contributed by atoms with Gasteiger partial charge in [-0.2, -0.15) is 13.2 Å². The van der Waals surface area contributed by atoms with Crippen LogP contribution in [0.15, 0.2) is 40.6 Å². The van der Waals surface area contributed by atoms with Crippen molar-refractivity contribution in [2.45, 2.75) is 30.3 Å². The van der Waals surface area contributed by atoms with Gasteiger partial charge in [0.25, 0.3) is 10.0 Å². The predicted molar refractivity (Wildman–Crippen MR) is 88.8 cm³/mol. The summed E-state index contributed by atoms with van der Waals surface area (Å²) in [4.78, 5) is 11.7. The van der Waals surface area contributed by atoms with Gasteiger partial charge in [0.15, 0.2) is 0 Å². The van der Waals surface area contributed by atoms with Crippen molar-refractivity contribution in [1.82, 2.24) is 5.32 Å². The van der Waals surface area contributed by atoms with Gasteiger partial charge >= 0.3 is 6.18 Å². The van der Waals surface area contributed by atoms with Crippen LogP contribution in [0.2, 0.25) is 0 Å². The standard InChI is InChI=1S/C15H15F3N2O3S2/c1-9(19-10(2)21)13-6-7-14(24-13)25(22,23)20-12-5-3-4-11(8-12)15(16,17)18/h3-9,20H,1-2H3,(H,19,21). The number of hydrogen-bond donors (Lipinski definition) is 2. The Morgan fingerprint density at radius 3 is 2.48 bits per heavy atom. The molecule has 5 nitrogen and oxygen atoms in total. The zero-order valence-electron chi connectivity index (χ0n) is 13.2. The van der Waals surface area contributed by atoms with E-state index in [1.54, 1.807) is 13.0 Å². The summed E-state index contributed by atoms with van der Waals surface area (Å²) in [5.41, 5.74) is -1.13. The lowest BCUT2D eigenvalue weighted by atomic mass is 10.2.